The topological polar surface area (TPSA) is 67.7 Å². The van der Waals surface area contributed by atoms with Gasteiger partial charge in [-0.25, -0.2) is 0 Å². The summed E-state index contributed by atoms with van der Waals surface area (Å²) in [6, 6.07) is 9.40. The molecule has 26 heavy (non-hydrogen) atoms. The molecule has 0 saturated carbocycles. The van der Waals surface area contributed by atoms with Gasteiger partial charge >= 0.3 is 0 Å². The molecule has 1 aromatic heterocycles. The molecule has 3 heterocycles. The lowest BCUT2D eigenvalue weighted by atomic mass is 9.90. The summed E-state index contributed by atoms with van der Waals surface area (Å²) in [7, 11) is 3.59. The van der Waals surface area contributed by atoms with Gasteiger partial charge < -0.3 is 14.5 Å². The number of likely N-dealkylation sites (N-methyl/N-ethyl adjacent to an activating group) is 1. The molecular weight excluding hydrogens is 332 g/mol. The number of carbonyl (C=O) groups is 2. The number of aromatic nitrogens is 2. The summed E-state index contributed by atoms with van der Waals surface area (Å²) in [5.74, 6) is -0.487. The molecular formula is C19H22N4O3. The fourth-order valence-corrected chi connectivity index (χ4v) is 3.82. The fourth-order valence-electron chi connectivity index (χ4n) is 3.82. The molecule has 7 heteroatoms. The minimum atomic E-state index is -0.342. The van der Waals surface area contributed by atoms with Gasteiger partial charge in [-0.05, 0) is 31.0 Å². The van der Waals surface area contributed by atoms with Gasteiger partial charge in [0.15, 0.2) is 0 Å². The number of fused-ring (bicyclic) bond motifs is 1. The predicted molar refractivity (Wildman–Crippen MR) is 96.8 cm³/mol. The number of rotatable bonds is 2. The van der Waals surface area contributed by atoms with Crippen LogP contribution in [0.2, 0.25) is 0 Å². The summed E-state index contributed by atoms with van der Waals surface area (Å²) in [6.45, 7) is 0.679. The lowest BCUT2D eigenvalue weighted by molar-refractivity contribution is -0.133. The van der Waals surface area contributed by atoms with Gasteiger partial charge in [0.05, 0.1) is 23.0 Å². The Morgan fingerprint density at radius 3 is 2.69 bits per heavy atom. The first-order valence-electron chi connectivity index (χ1n) is 8.84. The smallest absolute Gasteiger partial charge is 0.246 e. The summed E-state index contributed by atoms with van der Waals surface area (Å²) in [5.41, 5.74) is 2.41. The van der Waals surface area contributed by atoms with E-state index < -0.39 is 0 Å². The normalized spacial score (nSPS) is 23.1. The third-order valence-corrected chi connectivity index (χ3v) is 5.26. The van der Waals surface area contributed by atoms with Crippen molar-refractivity contribution in [1.29, 1.82) is 0 Å². The van der Waals surface area contributed by atoms with Gasteiger partial charge in [0.1, 0.15) is 12.6 Å². The van der Waals surface area contributed by atoms with E-state index in [-0.39, 0.29) is 30.4 Å². The van der Waals surface area contributed by atoms with E-state index >= 15 is 0 Å². The zero-order valence-electron chi connectivity index (χ0n) is 15.0. The van der Waals surface area contributed by atoms with Gasteiger partial charge in [-0.3, -0.25) is 14.3 Å². The molecule has 7 nitrogen and oxygen atoms in total. The molecule has 0 unspecified atom stereocenters. The van der Waals surface area contributed by atoms with Gasteiger partial charge in [0.2, 0.25) is 11.8 Å². The Kier molecular flexibility index (Phi) is 4.24. The first kappa shape index (κ1) is 16.8. The molecule has 0 bridgehead atoms. The van der Waals surface area contributed by atoms with Crippen LogP contribution in [-0.4, -0.2) is 41.8 Å². The van der Waals surface area contributed by atoms with Crippen molar-refractivity contribution < 1.29 is 14.3 Å². The maximum atomic E-state index is 13.4. The molecule has 1 fully saturated rings. The second-order valence-electron chi connectivity index (χ2n) is 6.79. The summed E-state index contributed by atoms with van der Waals surface area (Å²) in [4.78, 5) is 29.1. The van der Waals surface area contributed by atoms with Gasteiger partial charge in [-0.1, -0.05) is 12.1 Å². The molecule has 4 rings (SSSR count). The van der Waals surface area contributed by atoms with E-state index in [4.69, 9.17) is 4.74 Å². The van der Waals surface area contributed by atoms with E-state index in [1.165, 1.54) is 0 Å². The van der Waals surface area contributed by atoms with E-state index in [1.54, 1.807) is 27.7 Å². The lowest BCUT2D eigenvalue weighted by Gasteiger charge is -2.38. The minimum absolute atomic E-state index is 0.0565. The lowest BCUT2D eigenvalue weighted by Crippen LogP contribution is -2.50. The Balaban J connectivity index is 1.69. The standard InChI is InChI=1S/C19H22N4O3/c1-21-14-7-3-4-8-15(14)23(12-17(21)24)19(25)13-6-5-11-26-18(13)16-9-10-20-22(16)2/h3-4,7-10,13,18H,5-6,11-12H2,1-2H3/t13-,18-/m1/s1. The number of ether oxygens (including phenoxy) is 1. The van der Waals surface area contributed by atoms with Gasteiger partial charge in [0, 0.05) is 26.9 Å². The number of carbonyl (C=O) groups excluding carboxylic acids is 2. The number of hydrogen-bond acceptors (Lipinski definition) is 4. The molecule has 2 aromatic rings. The quantitative estimate of drug-likeness (QED) is 0.826. The molecule has 1 saturated heterocycles. The van der Waals surface area contributed by atoms with Crippen LogP contribution in [0.3, 0.4) is 0 Å². The summed E-state index contributed by atoms with van der Waals surface area (Å²) >= 11 is 0. The highest BCUT2D eigenvalue weighted by Gasteiger charge is 2.40. The Labute approximate surface area is 152 Å². The summed E-state index contributed by atoms with van der Waals surface area (Å²) < 4.78 is 7.71. The van der Waals surface area contributed by atoms with Crippen molar-refractivity contribution >= 4 is 23.2 Å². The monoisotopic (exact) mass is 354 g/mol. The molecule has 136 valence electrons. The van der Waals surface area contributed by atoms with E-state index in [0.717, 1.165) is 29.9 Å². The average molecular weight is 354 g/mol. The van der Waals surface area contributed by atoms with E-state index in [1.807, 2.05) is 37.4 Å². The van der Waals surface area contributed by atoms with Crippen molar-refractivity contribution in [1.82, 2.24) is 9.78 Å². The number of nitrogens with zero attached hydrogens (tertiary/aromatic N) is 4. The first-order valence-corrected chi connectivity index (χ1v) is 8.84. The molecule has 1 aromatic carbocycles. The van der Waals surface area contributed by atoms with Gasteiger partial charge in [-0.2, -0.15) is 5.10 Å². The van der Waals surface area contributed by atoms with E-state index in [2.05, 4.69) is 5.10 Å². The van der Waals surface area contributed by atoms with Gasteiger partial charge in [0.25, 0.3) is 0 Å². The highest BCUT2D eigenvalue weighted by atomic mass is 16.5. The SMILES string of the molecule is CN1C(=O)CN(C(=O)[C@@H]2CCCO[C@H]2c2ccnn2C)c2ccccc21. The van der Waals surface area contributed by atoms with Crippen molar-refractivity contribution in [3.63, 3.8) is 0 Å². The van der Waals surface area contributed by atoms with Crippen molar-refractivity contribution in [3.05, 3.63) is 42.2 Å². The van der Waals surface area contributed by atoms with Crippen LogP contribution in [0.15, 0.2) is 36.5 Å². The van der Waals surface area contributed by atoms with Crippen molar-refractivity contribution in [3.8, 4) is 0 Å². The van der Waals surface area contributed by atoms with Crippen LogP contribution in [-0.2, 0) is 21.4 Å². The molecule has 2 amide bonds. The van der Waals surface area contributed by atoms with Gasteiger partial charge in [-0.15, -0.1) is 0 Å². The number of benzene rings is 1. The third-order valence-electron chi connectivity index (χ3n) is 5.26. The molecule has 0 spiro atoms. The number of aryl methyl sites for hydroxylation is 1. The number of para-hydroxylation sites is 2. The largest absolute Gasteiger partial charge is 0.371 e. The van der Waals surface area contributed by atoms with Crippen LogP contribution in [0.25, 0.3) is 0 Å². The van der Waals surface area contributed by atoms with Crippen LogP contribution in [0.5, 0.6) is 0 Å². The Morgan fingerprint density at radius 2 is 1.96 bits per heavy atom. The minimum Gasteiger partial charge on any atom is -0.371 e. The van der Waals surface area contributed by atoms with Crippen molar-refractivity contribution in [2.24, 2.45) is 13.0 Å². The number of hydrogen-bond donors (Lipinski definition) is 0. The molecule has 2 atom stereocenters. The van der Waals surface area contributed by atoms with Crippen molar-refractivity contribution in [2.45, 2.75) is 18.9 Å². The Hall–Kier alpha value is -2.67. The first-order chi connectivity index (χ1) is 12.6. The second kappa shape index (κ2) is 6.57. The summed E-state index contributed by atoms with van der Waals surface area (Å²) in [6.07, 6.45) is 2.93. The molecule has 0 N–H and O–H groups in total. The third kappa shape index (κ3) is 2.68. The fraction of sp³-hybridized carbons (Fsp3) is 0.421. The zero-order valence-corrected chi connectivity index (χ0v) is 15.0. The number of amides is 2. The maximum absolute atomic E-state index is 13.4. The van der Waals surface area contributed by atoms with Crippen LogP contribution >= 0.6 is 0 Å². The average Bonchev–Trinajstić information content (AvgIpc) is 3.10. The van der Waals surface area contributed by atoms with Crippen molar-refractivity contribution in [2.75, 3.05) is 30.0 Å². The van der Waals surface area contributed by atoms with E-state index in [9.17, 15) is 9.59 Å². The maximum Gasteiger partial charge on any atom is 0.246 e. The Morgan fingerprint density at radius 1 is 1.19 bits per heavy atom. The molecule has 0 aliphatic carbocycles. The van der Waals surface area contributed by atoms with Crippen LogP contribution < -0.4 is 9.80 Å². The molecule has 2 aliphatic rings. The van der Waals surface area contributed by atoms with Crippen LogP contribution in [0.4, 0.5) is 11.4 Å². The highest BCUT2D eigenvalue weighted by Crippen LogP contribution is 2.38. The molecule has 2 aliphatic heterocycles. The number of anilines is 2. The molecule has 0 radical (unpaired) electrons. The highest BCUT2D eigenvalue weighted by molar-refractivity contribution is 6.11. The second-order valence-corrected chi connectivity index (χ2v) is 6.79. The Bertz CT molecular complexity index is 847. The van der Waals surface area contributed by atoms with E-state index in [0.29, 0.717) is 6.61 Å². The zero-order chi connectivity index (χ0) is 18.3. The van der Waals surface area contributed by atoms with Crippen LogP contribution in [0.1, 0.15) is 24.6 Å². The predicted octanol–water partition coefficient (Wildman–Crippen LogP) is 1.90. The van der Waals surface area contributed by atoms with Crippen LogP contribution in [0, 0.1) is 5.92 Å². The summed E-state index contributed by atoms with van der Waals surface area (Å²) in [5, 5.41) is 4.21.